The van der Waals surface area contributed by atoms with Crippen molar-refractivity contribution in [2.24, 2.45) is 0 Å². The molecule has 0 aliphatic heterocycles. The zero-order valence-electron chi connectivity index (χ0n) is 2.03. The molecule has 39 valence electrons. The Hall–Kier alpha value is 3.53. The monoisotopic (exact) mass is 337 g/mol. The van der Waals surface area contributed by atoms with Crippen LogP contribution in [0.25, 0.3) is 0 Å². The Kier molecular flexibility index (Phi) is 360. The van der Waals surface area contributed by atoms with Gasteiger partial charge in [-0.15, -0.1) is 0 Å². The first kappa shape index (κ1) is 55.6. The number of rotatable bonds is 0. The van der Waals surface area contributed by atoms with Crippen molar-refractivity contribution >= 4 is 17.4 Å². The van der Waals surface area contributed by atoms with Crippen molar-refractivity contribution < 1.29 is 95.0 Å². The van der Waals surface area contributed by atoms with Crippen molar-refractivity contribution in [3.05, 3.63) is 0 Å². The topological polar surface area (TPSA) is 0 Å². The minimum atomic E-state index is 0. The van der Waals surface area contributed by atoms with Gasteiger partial charge in [-0.05, 0) is 0 Å². The molecule has 0 aromatic carbocycles. The van der Waals surface area contributed by atoms with Crippen LogP contribution in [0.2, 0.25) is 0 Å². The van der Waals surface area contributed by atoms with Crippen molar-refractivity contribution in [2.75, 3.05) is 0 Å². The van der Waals surface area contributed by atoms with Crippen LogP contribution >= 0.6 is 0 Å². The quantitative estimate of drug-likeness (QED) is 0.488. The molecule has 0 saturated carbocycles. The van der Waals surface area contributed by atoms with Crippen molar-refractivity contribution in [2.45, 2.75) is 0 Å². The Balaban J connectivity index is 0. The van der Waals surface area contributed by atoms with E-state index in [1.54, 1.807) is 0 Å². The predicted molar refractivity (Wildman–Crippen MR) is 9.94 cm³/mol. The second kappa shape index (κ2) is 38.8. The Morgan fingerprint density at radius 3 is 1.00 bits per heavy atom. The van der Waals surface area contributed by atoms with Crippen LogP contribution in [0, 0.1) is 0 Å². The summed E-state index contributed by atoms with van der Waals surface area (Å²) in [7, 11) is 0. The summed E-state index contributed by atoms with van der Waals surface area (Å²) in [5, 5.41) is 0. The van der Waals surface area contributed by atoms with Gasteiger partial charge in [-0.2, -0.15) is 0 Å². The van der Waals surface area contributed by atoms with Crippen molar-refractivity contribution in [1.82, 2.24) is 0 Å². The molecule has 0 aromatic rings. The smallest absolute Gasteiger partial charge is 0 e. The molecule has 0 unspecified atom stereocenters. The molecule has 0 aliphatic carbocycles. The molecule has 0 spiro atoms. The van der Waals surface area contributed by atoms with Gasteiger partial charge in [0.2, 0.25) is 0 Å². The second-order valence-electron chi connectivity index (χ2n) is 0. The van der Waals surface area contributed by atoms with Crippen molar-refractivity contribution in [3.8, 4) is 0 Å². The van der Waals surface area contributed by atoms with Gasteiger partial charge in [-0.3, -0.25) is 0 Å². The normalized spacial score (nSPS) is 0. The maximum Gasteiger partial charge on any atom is 0.187 e. The first-order chi connectivity index (χ1) is 0. The minimum absolute atomic E-state index is 0. The van der Waals surface area contributed by atoms with E-state index in [1.165, 1.54) is 0 Å². The molecule has 0 aliphatic rings. The zero-order chi connectivity index (χ0) is 0. The van der Waals surface area contributed by atoms with Gasteiger partial charge in [-0.25, -0.2) is 0 Å². The number of hydrogen-bond acceptors (Lipinski definition) is 0. The minimum Gasteiger partial charge on any atom is 0 e. The van der Waals surface area contributed by atoms with Crippen LogP contribution in [-0.2, 0) is 95.0 Å². The largest absolute Gasteiger partial charge is 0.187 e. The summed E-state index contributed by atoms with van der Waals surface area (Å²) in [6.07, 6.45) is 0. The van der Waals surface area contributed by atoms with Crippen LogP contribution in [0.15, 0.2) is 0 Å². The van der Waals surface area contributed by atoms with E-state index in [4.69, 9.17) is 0 Å². The SMILES string of the molecule is [AlH3].[Cr].[Fe].[Nb].[Ni].[Ti]. The van der Waals surface area contributed by atoms with E-state index in [2.05, 4.69) is 0 Å². The third-order valence-corrected chi connectivity index (χ3v) is 0. The first-order valence-electron chi connectivity index (χ1n) is 0. The summed E-state index contributed by atoms with van der Waals surface area (Å²) >= 11 is 0. The fraction of sp³-hybridized carbons (Fsp3) is 0. The van der Waals surface area contributed by atoms with Gasteiger partial charge < -0.3 is 0 Å². The van der Waals surface area contributed by atoms with E-state index in [9.17, 15) is 0 Å². The van der Waals surface area contributed by atoms with E-state index in [0.717, 1.165) is 0 Å². The predicted octanol–water partition coefficient (Wildman–Crippen LogP) is -1.20. The molecular formula is H3AlCrFeNbNiTi. The fourth-order valence-corrected chi connectivity index (χ4v) is 0. The summed E-state index contributed by atoms with van der Waals surface area (Å²) in [4.78, 5) is 0. The van der Waals surface area contributed by atoms with Gasteiger partial charge >= 0.3 is 0 Å². The van der Waals surface area contributed by atoms with E-state index < -0.39 is 0 Å². The molecule has 1 radical (unpaired) electrons. The van der Waals surface area contributed by atoms with Crippen molar-refractivity contribution in [3.63, 3.8) is 0 Å². The van der Waals surface area contributed by atoms with E-state index in [0.29, 0.717) is 0 Å². The molecular weight excluding hydrogens is 334 g/mol. The summed E-state index contributed by atoms with van der Waals surface area (Å²) < 4.78 is 0. The number of hydrogen-bond donors (Lipinski definition) is 0. The van der Waals surface area contributed by atoms with Crippen LogP contribution in [0.5, 0.6) is 0 Å². The van der Waals surface area contributed by atoms with Gasteiger partial charge in [-0.1, -0.05) is 0 Å². The maximum atomic E-state index is 0. The van der Waals surface area contributed by atoms with Crippen LogP contribution in [0.1, 0.15) is 0 Å². The van der Waals surface area contributed by atoms with E-state index >= 15 is 0 Å². The van der Waals surface area contributed by atoms with Gasteiger partial charge in [0, 0.05) is 95.0 Å². The molecule has 0 bridgehead atoms. The van der Waals surface area contributed by atoms with Gasteiger partial charge in [0.15, 0.2) is 17.4 Å². The summed E-state index contributed by atoms with van der Waals surface area (Å²) in [5.74, 6) is 0. The second-order valence-corrected chi connectivity index (χ2v) is 0. The molecule has 0 heterocycles. The summed E-state index contributed by atoms with van der Waals surface area (Å²) in [5.41, 5.74) is 0. The van der Waals surface area contributed by atoms with Crippen LogP contribution in [0.4, 0.5) is 0 Å². The fourth-order valence-electron chi connectivity index (χ4n) is 0. The Bertz CT molecular complexity index is 15.5. The average molecular weight is 337 g/mol. The molecule has 0 nitrogen and oxygen atoms in total. The molecule has 0 aromatic heterocycles. The Morgan fingerprint density at radius 1 is 1.00 bits per heavy atom. The molecule has 0 atom stereocenters. The Labute approximate surface area is 110 Å². The first-order valence-corrected chi connectivity index (χ1v) is 0. The third kappa shape index (κ3) is 25.8. The molecule has 0 amide bonds. The molecule has 0 rings (SSSR count). The molecule has 6 heteroatoms. The summed E-state index contributed by atoms with van der Waals surface area (Å²) in [6.45, 7) is 0. The standard InChI is InChI=1S/Al.Cr.Fe.Nb.Ni.Ti.3H. The van der Waals surface area contributed by atoms with E-state index in [-0.39, 0.29) is 112 Å². The molecule has 6 heavy (non-hydrogen) atoms. The van der Waals surface area contributed by atoms with Crippen LogP contribution in [0.3, 0.4) is 0 Å². The maximum absolute atomic E-state index is 0. The third-order valence-electron chi connectivity index (χ3n) is 0. The van der Waals surface area contributed by atoms with Crippen molar-refractivity contribution in [1.29, 1.82) is 0 Å². The molecule has 0 N–H and O–H groups in total. The van der Waals surface area contributed by atoms with E-state index in [1.807, 2.05) is 0 Å². The van der Waals surface area contributed by atoms with Crippen LogP contribution in [-0.4, -0.2) is 17.4 Å². The molecule has 0 fully saturated rings. The zero-order valence-corrected chi connectivity index (χ0v) is 9.15. The summed E-state index contributed by atoms with van der Waals surface area (Å²) in [6, 6.07) is 0. The average Bonchev–Trinajstić information content (AvgIpc) is 0. The molecule has 0 saturated heterocycles. The van der Waals surface area contributed by atoms with Gasteiger partial charge in [0.25, 0.3) is 0 Å². The van der Waals surface area contributed by atoms with Gasteiger partial charge in [0.1, 0.15) is 0 Å². The van der Waals surface area contributed by atoms with Crippen LogP contribution < -0.4 is 0 Å². The Morgan fingerprint density at radius 2 is 1.00 bits per heavy atom. The van der Waals surface area contributed by atoms with Gasteiger partial charge in [0.05, 0.1) is 0 Å².